The lowest BCUT2D eigenvalue weighted by atomic mass is 10.1. The minimum Gasteiger partial charge on any atom is -0.419 e. The maximum atomic E-state index is 9.23. The van der Waals surface area contributed by atoms with Crippen molar-refractivity contribution in [1.29, 1.82) is 5.26 Å². The zero-order chi connectivity index (χ0) is 16.2. The number of aromatic nitrogens is 1. The molecule has 0 aliphatic rings. The number of aryl methyl sites for hydroxylation is 1. The molecule has 0 bridgehead atoms. The molecule has 0 unspecified atom stereocenters. The van der Waals surface area contributed by atoms with Crippen molar-refractivity contribution in [3.63, 3.8) is 0 Å². The molecular formula is C18H14ClN3O. The second-order valence-corrected chi connectivity index (χ2v) is 5.59. The van der Waals surface area contributed by atoms with Gasteiger partial charge in [-0.15, -0.1) is 0 Å². The van der Waals surface area contributed by atoms with Crippen LogP contribution in [-0.4, -0.2) is 4.98 Å². The molecule has 1 heterocycles. The Hall–Kier alpha value is -2.77. The van der Waals surface area contributed by atoms with Gasteiger partial charge >= 0.3 is 0 Å². The number of benzene rings is 2. The topological polar surface area (TPSA) is 61.9 Å². The Morgan fingerprint density at radius 1 is 1.22 bits per heavy atom. The molecule has 0 atom stereocenters. The number of anilines is 1. The predicted molar refractivity (Wildman–Crippen MR) is 90.2 cm³/mol. The lowest BCUT2D eigenvalue weighted by Gasteiger charge is -2.03. The molecule has 5 heteroatoms. The van der Waals surface area contributed by atoms with Gasteiger partial charge in [-0.25, -0.2) is 0 Å². The first-order chi connectivity index (χ1) is 11.2. The SMILES string of the molecule is Cc1ccc(CNc2oc(-c3cccc(Cl)c3)nc2C#N)cc1. The average molecular weight is 324 g/mol. The highest BCUT2D eigenvalue weighted by Crippen LogP contribution is 2.27. The quantitative estimate of drug-likeness (QED) is 0.750. The highest BCUT2D eigenvalue weighted by atomic mass is 35.5. The van der Waals surface area contributed by atoms with Gasteiger partial charge in [0, 0.05) is 17.1 Å². The lowest BCUT2D eigenvalue weighted by molar-refractivity contribution is 0.585. The van der Waals surface area contributed by atoms with E-state index in [4.69, 9.17) is 16.0 Å². The van der Waals surface area contributed by atoms with E-state index in [-0.39, 0.29) is 5.69 Å². The Bertz CT molecular complexity index is 863. The molecule has 1 aromatic heterocycles. The lowest BCUT2D eigenvalue weighted by Crippen LogP contribution is -1.99. The van der Waals surface area contributed by atoms with Gasteiger partial charge in [0.25, 0.3) is 0 Å². The predicted octanol–water partition coefficient (Wildman–Crippen LogP) is 4.79. The van der Waals surface area contributed by atoms with E-state index in [2.05, 4.69) is 10.3 Å². The maximum Gasteiger partial charge on any atom is 0.232 e. The number of nitrogens with zero attached hydrogens (tertiary/aromatic N) is 2. The van der Waals surface area contributed by atoms with Crippen LogP contribution in [0.2, 0.25) is 5.02 Å². The van der Waals surface area contributed by atoms with Crippen molar-refractivity contribution in [2.24, 2.45) is 0 Å². The van der Waals surface area contributed by atoms with Crippen molar-refractivity contribution in [1.82, 2.24) is 4.98 Å². The number of hydrogen-bond acceptors (Lipinski definition) is 4. The van der Waals surface area contributed by atoms with Crippen LogP contribution in [-0.2, 0) is 6.54 Å². The van der Waals surface area contributed by atoms with Gasteiger partial charge in [-0.2, -0.15) is 10.2 Å². The molecule has 0 spiro atoms. The summed E-state index contributed by atoms with van der Waals surface area (Å²) < 4.78 is 5.69. The summed E-state index contributed by atoms with van der Waals surface area (Å²) in [6.07, 6.45) is 0. The molecule has 0 radical (unpaired) electrons. The first-order valence-electron chi connectivity index (χ1n) is 7.12. The monoisotopic (exact) mass is 323 g/mol. The van der Waals surface area contributed by atoms with Gasteiger partial charge in [0.2, 0.25) is 17.5 Å². The number of halogens is 1. The Labute approximate surface area is 139 Å². The second-order valence-electron chi connectivity index (χ2n) is 5.16. The molecule has 3 rings (SSSR count). The summed E-state index contributed by atoms with van der Waals surface area (Å²) in [4.78, 5) is 4.22. The summed E-state index contributed by atoms with van der Waals surface area (Å²) in [5, 5.41) is 12.9. The van der Waals surface area contributed by atoms with Crippen LogP contribution in [0, 0.1) is 18.3 Å². The summed E-state index contributed by atoms with van der Waals surface area (Å²) >= 11 is 5.98. The number of nitriles is 1. The fourth-order valence-corrected chi connectivity index (χ4v) is 2.34. The van der Waals surface area contributed by atoms with Crippen LogP contribution >= 0.6 is 11.6 Å². The third-order valence-corrected chi connectivity index (χ3v) is 3.61. The molecular weight excluding hydrogens is 310 g/mol. The van der Waals surface area contributed by atoms with Crippen molar-refractivity contribution < 1.29 is 4.42 Å². The zero-order valence-corrected chi connectivity index (χ0v) is 13.3. The number of oxazole rings is 1. The van der Waals surface area contributed by atoms with Gasteiger partial charge in [-0.1, -0.05) is 47.5 Å². The smallest absolute Gasteiger partial charge is 0.232 e. The summed E-state index contributed by atoms with van der Waals surface area (Å²) in [5.74, 6) is 0.735. The Morgan fingerprint density at radius 3 is 2.70 bits per heavy atom. The van der Waals surface area contributed by atoms with Crippen LogP contribution in [0.1, 0.15) is 16.8 Å². The third kappa shape index (κ3) is 3.53. The molecule has 114 valence electrons. The zero-order valence-electron chi connectivity index (χ0n) is 12.5. The van der Waals surface area contributed by atoms with E-state index < -0.39 is 0 Å². The normalized spacial score (nSPS) is 10.3. The van der Waals surface area contributed by atoms with Gasteiger partial charge in [0.15, 0.2) is 0 Å². The minimum atomic E-state index is 0.229. The fraction of sp³-hybridized carbons (Fsp3) is 0.111. The Balaban J connectivity index is 1.82. The van der Waals surface area contributed by atoms with Crippen molar-refractivity contribution in [3.8, 4) is 17.5 Å². The largest absolute Gasteiger partial charge is 0.419 e. The number of rotatable bonds is 4. The first kappa shape index (κ1) is 15.1. The average Bonchev–Trinajstić information content (AvgIpc) is 2.98. The van der Waals surface area contributed by atoms with Crippen LogP contribution in [0.5, 0.6) is 0 Å². The van der Waals surface area contributed by atoms with Crippen LogP contribution < -0.4 is 5.32 Å². The maximum absolute atomic E-state index is 9.23. The van der Waals surface area contributed by atoms with E-state index in [1.165, 1.54) is 5.56 Å². The van der Waals surface area contributed by atoms with Crippen molar-refractivity contribution in [2.45, 2.75) is 13.5 Å². The first-order valence-corrected chi connectivity index (χ1v) is 7.50. The molecule has 3 aromatic rings. The molecule has 23 heavy (non-hydrogen) atoms. The molecule has 0 saturated carbocycles. The second kappa shape index (κ2) is 6.55. The fourth-order valence-electron chi connectivity index (χ4n) is 2.15. The molecule has 0 aliphatic carbocycles. The summed E-state index contributed by atoms with van der Waals surface area (Å²) in [5.41, 5.74) is 3.26. The Kier molecular flexibility index (Phi) is 4.31. The van der Waals surface area contributed by atoms with E-state index >= 15 is 0 Å². The van der Waals surface area contributed by atoms with E-state index in [1.54, 1.807) is 12.1 Å². The van der Waals surface area contributed by atoms with Gasteiger partial charge < -0.3 is 9.73 Å². The van der Waals surface area contributed by atoms with Gasteiger partial charge in [0.05, 0.1) is 0 Å². The molecule has 0 amide bonds. The molecule has 2 aromatic carbocycles. The summed E-state index contributed by atoms with van der Waals surface area (Å²) in [7, 11) is 0. The van der Waals surface area contributed by atoms with Crippen molar-refractivity contribution >= 4 is 17.5 Å². The van der Waals surface area contributed by atoms with Crippen molar-refractivity contribution in [3.05, 3.63) is 70.4 Å². The Morgan fingerprint density at radius 2 is 2.00 bits per heavy atom. The van der Waals surface area contributed by atoms with Crippen LogP contribution in [0.15, 0.2) is 52.9 Å². The minimum absolute atomic E-state index is 0.229. The number of nitrogens with one attached hydrogen (secondary N) is 1. The van der Waals surface area contributed by atoms with Crippen LogP contribution in [0.3, 0.4) is 0 Å². The van der Waals surface area contributed by atoms with E-state index in [1.807, 2.05) is 49.4 Å². The number of hydrogen-bond donors (Lipinski definition) is 1. The third-order valence-electron chi connectivity index (χ3n) is 3.38. The molecule has 0 aliphatic heterocycles. The highest BCUT2D eigenvalue weighted by molar-refractivity contribution is 6.30. The van der Waals surface area contributed by atoms with E-state index in [0.717, 1.165) is 11.1 Å². The van der Waals surface area contributed by atoms with Crippen molar-refractivity contribution in [2.75, 3.05) is 5.32 Å². The molecule has 0 fully saturated rings. The van der Waals surface area contributed by atoms with Gasteiger partial charge in [0.1, 0.15) is 6.07 Å². The van der Waals surface area contributed by atoms with E-state index in [0.29, 0.717) is 23.3 Å². The van der Waals surface area contributed by atoms with E-state index in [9.17, 15) is 5.26 Å². The molecule has 0 saturated heterocycles. The molecule has 4 nitrogen and oxygen atoms in total. The van der Waals surface area contributed by atoms with Crippen LogP contribution in [0.25, 0.3) is 11.5 Å². The summed E-state index contributed by atoms with van der Waals surface area (Å²) in [6, 6.07) is 17.4. The molecule has 1 N–H and O–H groups in total. The van der Waals surface area contributed by atoms with Gasteiger partial charge in [-0.3, -0.25) is 0 Å². The standard InChI is InChI=1S/C18H14ClN3O/c1-12-5-7-13(8-6-12)11-21-18-16(10-20)22-17(23-18)14-3-2-4-15(19)9-14/h2-9,21H,11H2,1H3. The highest BCUT2D eigenvalue weighted by Gasteiger charge is 2.14. The van der Waals surface area contributed by atoms with Crippen LogP contribution in [0.4, 0.5) is 5.88 Å². The summed E-state index contributed by atoms with van der Waals surface area (Å²) in [6.45, 7) is 2.60. The van der Waals surface area contributed by atoms with Gasteiger partial charge in [-0.05, 0) is 30.7 Å².